The summed E-state index contributed by atoms with van der Waals surface area (Å²) in [5.74, 6) is -5.32. The fraction of sp³-hybridized carbons (Fsp3) is 0.433. The summed E-state index contributed by atoms with van der Waals surface area (Å²) in [6.45, 7) is 3.81. The van der Waals surface area contributed by atoms with Crippen molar-refractivity contribution in [2.75, 3.05) is 20.8 Å². The lowest BCUT2D eigenvalue weighted by atomic mass is 9.85. The minimum absolute atomic E-state index is 0.0339. The number of ether oxygens (including phenoxy) is 7. The highest BCUT2D eigenvalue weighted by molar-refractivity contribution is 5.69. The number of methoxy groups -OCH3 is 2. The normalized spacial score (nSPS) is 22.8. The van der Waals surface area contributed by atoms with Gasteiger partial charge in [0, 0.05) is 27.7 Å². The highest BCUT2D eigenvalue weighted by Crippen LogP contribution is 2.45. The quantitative estimate of drug-likeness (QED) is 0.310. The lowest BCUT2D eigenvalue weighted by Crippen LogP contribution is -2.66. The molecule has 0 unspecified atom stereocenters. The van der Waals surface area contributed by atoms with E-state index >= 15 is 0 Å². The molecule has 0 saturated carbocycles. The van der Waals surface area contributed by atoms with Crippen LogP contribution in [-0.2, 0) is 55.1 Å². The van der Waals surface area contributed by atoms with Crippen molar-refractivity contribution in [3.63, 3.8) is 0 Å². The molecule has 230 valence electrons. The summed E-state index contributed by atoms with van der Waals surface area (Å²) < 4.78 is 38.2. The SMILES string of the molecule is COc1ccc(Cc2cc([C@]3(O)O[C@H](COC(C)=O)[C@@H](OC(C)=O)[C@H](OC(C)=O)[C@H]3OC(C)=O)c(OC)cc2C#N)cc1. The van der Waals surface area contributed by atoms with E-state index in [-0.39, 0.29) is 23.3 Å². The zero-order valence-corrected chi connectivity index (χ0v) is 24.6. The third kappa shape index (κ3) is 7.79. The van der Waals surface area contributed by atoms with E-state index in [1.165, 1.54) is 26.4 Å². The fourth-order valence-corrected chi connectivity index (χ4v) is 4.78. The zero-order chi connectivity index (χ0) is 31.9. The second-order valence-corrected chi connectivity index (χ2v) is 9.68. The minimum atomic E-state index is -2.64. The molecular formula is C30H33NO12. The summed E-state index contributed by atoms with van der Waals surface area (Å²) in [4.78, 5) is 48.3. The molecule has 0 bridgehead atoms. The van der Waals surface area contributed by atoms with Crippen LogP contribution in [0, 0.1) is 11.3 Å². The Morgan fingerprint density at radius 2 is 1.49 bits per heavy atom. The van der Waals surface area contributed by atoms with Gasteiger partial charge in [-0.25, -0.2) is 0 Å². The highest BCUT2D eigenvalue weighted by atomic mass is 16.7. The van der Waals surface area contributed by atoms with Gasteiger partial charge in [0.25, 0.3) is 0 Å². The van der Waals surface area contributed by atoms with Gasteiger partial charge in [-0.15, -0.1) is 0 Å². The summed E-state index contributed by atoms with van der Waals surface area (Å²) >= 11 is 0. The second kappa shape index (κ2) is 14.0. The molecule has 13 heteroatoms. The van der Waals surface area contributed by atoms with Gasteiger partial charge in [-0.3, -0.25) is 19.2 Å². The van der Waals surface area contributed by atoms with Crippen LogP contribution in [0.5, 0.6) is 11.5 Å². The molecule has 43 heavy (non-hydrogen) atoms. The van der Waals surface area contributed by atoms with Crippen LogP contribution in [0.15, 0.2) is 36.4 Å². The van der Waals surface area contributed by atoms with E-state index < -0.39 is 60.7 Å². The molecule has 0 aromatic heterocycles. The van der Waals surface area contributed by atoms with Gasteiger partial charge < -0.3 is 38.3 Å². The Kier molecular flexibility index (Phi) is 10.7. The molecule has 13 nitrogen and oxygen atoms in total. The largest absolute Gasteiger partial charge is 0.497 e. The van der Waals surface area contributed by atoms with E-state index in [0.717, 1.165) is 33.3 Å². The Labute approximate surface area is 248 Å². The molecule has 2 aromatic rings. The van der Waals surface area contributed by atoms with Crippen molar-refractivity contribution >= 4 is 23.9 Å². The topological polar surface area (TPSA) is 177 Å². The number of aliphatic hydroxyl groups is 1. The van der Waals surface area contributed by atoms with Gasteiger partial charge in [-0.1, -0.05) is 12.1 Å². The molecule has 5 atom stereocenters. The number of rotatable bonds is 10. The molecule has 0 aliphatic carbocycles. The second-order valence-electron chi connectivity index (χ2n) is 9.68. The zero-order valence-electron chi connectivity index (χ0n) is 24.6. The Balaban J connectivity index is 2.26. The van der Waals surface area contributed by atoms with Gasteiger partial charge in [0.1, 0.15) is 24.2 Å². The third-order valence-electron chi connectivity index (χ3n) is 6.54. The van der Waals surface area contributed by atoms with Crippen LogP contribution in [0.1, 0.15) is 49.9 Å². The van der Waals surface area contributed by atoms with Crippen molar-refractivity contribution in [2.24, 2.45) is 0 Å². The molecule has 0 radical (unpaired) electrons. The number of carbonyl (C=O) groups excluding carboxylic acids is 4. The summed E-state index contributed by atoms with van der Waals surface area (Å²) in [7, 11) is 2.82. The first-order chi connectivity index (χ1) is 20.3. The molecule has 1 fully saturated rings. The summed E-state index contributed by atoms with van der Waals surface area (Å²) in [5.41, 5.74) is 1.34. The van der Waals surface area contributed by atoms with Crippen molar-refractivity contribution in [1.29, 1.82) is 5.26 Å². The number of esters is 4. The molecule has 2 aromatic carbocycles. The predicted octanol–water partition coefficient (Wildman–Crippen LogP) is 2.07. The number of hydrogen-bond acceptors (Lipinski definition) is 13. The van der Waals surface area contributed by atoms with Crippen LogP contribution >= 0.6 is 0 Å². The van der Waals surface area contributed by atoms with Crippen LogP contribution in [0.25, 0.3) is 0 Å². The first kappa shape index (κ1) is 32.8. The lowest BCUT2D eigenvalue weighted by molar-refractivity contribution is -0.360. The molecule has 1 N–H and O–H groups in total. The molecule has 0 spiro atoms. The van der Waals surface area contributed by atoms with Crippen LogP contribution in [-0.4, -0.2) is 74.2 Å². The van der Waals surface area contributed by atoms with E-state index in [2.05, 4.69) is 6.07 Å². The number of benzene rings is 2. The predicted molar refractivity (Wildman–Crippen MR) is 146 cm³/mol. The van der Waals surface area contributed by atoms with Gasteiger partial charge in [-0.05, 0) is 41.8 Å². The van der Waals surface area contributed by atoms with Crippen molar-refractivity contribution in [2.45, 2.75) is 64.3 Å². The van der Waals surface area contributed by atoms with Gasteiger partial charge in [0.2, 0.25) is 11.9 Å². The number of hydrogen-bond donors (Lipinski definition) is 1. The van der Waals surface area contributed by atoms with Gasteiger partial charge in [0.15, 0.2) is 12.2 Å². The first-order valence-electron chi connectivity index (χ1n) is 13.1. The molecule has 1 aliphatic rings. The number of nitrogens with zero attached hydrogens (tertiary/aromatic N) is 1. The lowest BCUT2D eigenvalue weighted by Gasteiger charge is -2.49. The standard InChI is InChI=1S/C30H33NO12/c1-16(32)39-15-26-27(40-17(2)33)28(41-18(3)34)29(42-19(4)35)30(36,43-26)24-12-21(22(14-31)13-25(24)38-6)11-20-7-9-23(37-5)10-8-20/h7-10,12-13,26-29,36H,11,15H2,1-6H3/t26-,27-,28+,29-,30+/m1/s1. The van der Waals surface area contributed by atoms with Gasteiger partial charge in [0.05, 0.1) is 31.4 Å². The molecule has 1 aliphatic heterocycles. The Morgan fingerprint density at radius 1 is 0.884 bits per heavy atom. The monoisotopic (exact) mass is 599 g/mol. The minimum Gasteiger partial charge on any atom is -0.497 e. The fourth-order valence-electron chi connectivity index (χ4n) is 4.78. The average molecular weight is 600 g/mol. The van der Waals surface area contributed by atoms with E-state index in [0.29, 0.717) is 11.3 Å². The molecular weight excluding hydrogens is 566 g/mol. The van der Waals surface area contributed by atoms with E-state index in [1.807, 2.05) is 0 Å². The molecule has 1 heterocycles. The molecule has 3 rings (SSSR count). The van der Waals surface area contributed by atoms with Crippen LogP contribution < -0.4 is 9.47 Å². The van der Waals surface area contributed by atoms with Gasteiger partial charge in [-0.2, -0.15) is 5.26 Å². The Hall–Kier alpha value is -4.67. The summed E-state index contributed by atoms with van der Waals surface area (Å²) in [6.07, 6.45) is -6.12. The van der Waals surface area contributed by atoms with Crippen molar-refractivity contribution in [3.8, 4) is 17.6 Å². The van der Waals surface area contributed by atoms with E-state index in [9.17, 15) is 29.5 Å². The van der Waals surface area contributed by atoms with Crippen LogP contribution in [0.4, 0.5) is 0 Å². The molecule has 0 amide bonds. The summed E-state index contributed by atoms with van der Waals surface area (Å²) in [5, 5.41) is 22.2. The number of nitriles is 1. The first-order valence-corrected chi connectivity index (χ1v) is 13.1. The van der Waals surface area contributed by atoms with Gasteiger partial charge >= 0.3 is 23.9 Å². The maximum atomic E-state index is 12.3. The van der Waals surface area contributed by atoms with E-state index in [4.69, 9.17) is 33.2 Å². The smallest absolute Gasteiger partial charge is 0.303 e. The average Bonchev–Trinajstić information content (AvgIpc) is 2.95. The van der Waals surface area contributed by atoms with Crippen molar-refractivity contribution in [1.82, 2.24) is 0 Å². The van der Waals surface area contributed by atoms with Crippen LogP contribution in [0.3, 0.4) is 0 Å². The maximum Gasteiger partial charge on any atom is 0.303 e. The Bertz CT molecular complexity index is 1400. The van der Waals surface area contributed by atoms with Crippen molar-refractivity contribution < 1.29 is 57.4 Å². The third-order valence-corrected chi connectivity index (χ3v) is 6.54. The van der Waals surface area contributed by atoms with Crippen molar-refractivity contribution in [3.05, 3.63) is 58.7 Å². The Morgan fingerprint density at radius 3 is 2.00 bits per heavy atom. The maximum absolute atomic E-state index is 12.3. The van der Waals surface area contributed by atoms with E-state index in [1.54, 1.807) is 24.3 Å². The van der Waals surface area contributed by atoms with Crippen LogP contribution in [0.2, 0.25) is 0 Å². The highest BCUT2D eigenvalue weighted by Gasteiger charge is 2.61. The number of carbonyl (C=O) groups is 4. The molecule has 1 saturated heterocycles. The summed E-state index contributed by atoms with van der Waals surface area (Å²) in [6, 6.07) is 12.0.